The highest BCUT2D eigenvalue weighted by atomic mass is 35.5. The molecule has 220 valence electrons. The van der Waals surface area contributed by atoms with Gasteiger partial charge in [-0.2, -0.15) is 5.10 Å². The lowest BCUT2D eigenvalue weighted by Crippen LogP contribution is -2.18. The van der Waals surface area contributed by atoms with Gasteiger partial charge in [0.05, 0.1) is 26.7 Å². The van der Waals surface area contributed by atoms with Gasteiger partial charge >= 0.3 is 5.97 Å². The lowest BCUT2D eigenvalue weighted by molar-refractivity contribution is -0.384. The summed E-state index contributed by atoms with van der Waals surface area (Å²) in [6.45, 7) is 0. The molecule has 14 heteroatoms. The molecular weight excluding hydrogens is 651 g/mol. The number of nitrogens with zero attached hydrogens (tertiary/aromatic N) is 2. The lowest BCUT2D eigenvalue weighted by atomic mass is 10.2. The molecule has 2 amide bonds. The minimum atomic E-state index is -0.692. The molecule has 1 heterocycles. The monoisotopic (exact) mass is 666 g/mol. The van der Waals surface area contributed by atoms with Gasteiger partial charge in [-0.3, -0.25) is 19.7 Å². The quantitative estimate of drug-likeness (QED) is 0.0565. The molecule has 0 aliphatic heterocycles. The number of halogens is 3. The number of nitro groups is 1. The molecular formula is C30H17Cl3N4O6S. The number of benzene rings is 4. The second-order valence-corrected chi connectivity index (χ2v) is 11.2. The van der Waals surface area contributed by atoms with Crippen molar-refractivity contribution in [3.05, 3.63) is 132 Å². The minimum Gasteiger partial charge on any atom is -0.422 e. The van der Waals surface area contributed by atoms with Crippen LogP contribution in [0.5, 0.6) is 5.75 Å². The number of hydrogen-bond donors (Lipinski definition) is 2. The number of amides is 2. The number of anilines is 1. The summed E-state index contributed by atoms with van der Waals surface area (Å²) in [5.74, 6) is -1.53. The Labute approximate surface area is 268 Å². The maximum Gasteiger partial charge on any atom is 0.345 e. The van der Waals surface area contributed by atoms with Gasteiger partial charge in [0.15, 0.2) is 0 Å². The number of nitrogens with one attached hydrogen (secondary N) is 2. The van der Waals surface area contributed by atoms with Gasteiger partial charge in [0.1, 0.15) is 10.6 Å². The van der Waals surface area contributed by atoms with E-state index in [0.29, 0.717) is 26.4 Å². The molecule has 0 bridgehead atoms. The number of fused-ring (bicyclic) bond motifs is 1. The topological polar surface area (TPSA) is 140 Å². The first-order chi connectivity index (χ1) is 21.1. The minimum absolute atomic E-state index is 0.104. The zero-order valence-corrected chi connectivity index (χ0v) is 25.1. The van der Waals surface area contributed by atoms with Gasteiger partial charge in [0.25, 0.3) is 17.5 Å². The molecule has 4 aromatic carbocycles. The summed E-state index contributed by atoms with van der Waals surface area (Å²) in [5, 5.41) is 19.0. The fourth-order valence-corrected chi connectivity index (χ4v) is 5.85. The number of rotatable bonds is 8. The molecule has 1 aromatic heterocycles. The van der Waals surface area contributed by atoms with Crippen molar-refractivity contribution in [2.75, 3.05) is 5.32 Å². The van der Waals surface area contributed by atoms with Crippen LogP contribution in [0.25, 0.3) is 10.1 Å². The summed E-state index contributed by atoms with van der Waals surface area (Å²) in [6, 6.07) is 21.2. The third-order valence-electron chi connectivity index (χ3n) is 6.08. The maximum absolute atomic E-state index is 12.9. The number of ether oxygens (including phenoxy) is 1. The zero-order chi connectivity index (χ0) is 31.4. The summed E-state index contributed by atoms with van der Waals surface area (Å²) in [4.78, 5) is 48.8. The van der Waals surface area contributed by atoms with Crippen molar-refractivity contribution < 1.29 is 24.0 Å². The van der Waals surface area contributed by atoms with E-state index in [2.05, 4.69) is 15.8 Å². The maximum atomic E-state index is 12.9. The van der Waals surface area contributed by atoms with Crippen molar-refractivity contribution in [3.8, 4) is 5.75 Å². The third kappa shape index (κ3) is 6.87. The number of esters is 1. The molecule has 5 aromatic rings. The van der Waals surface area contributed by atoms with Gasteiger partial charge in [-0.25, -0.2) is 10.2 Å². The van der Waals surface area contributed by atoms with Gasteiger partial charge in [-0.05, 0) is 60.7 Å². The normalized spacial score (nSPS) is 11.0. The van der Waals surface area contributed by atoms with Crippen LogP contribution in [0.4, 0.5) is 11.4 Å². The number of nitro benzene ring substituents is 1. The van der Waals surface area contributed by atoms with Gasteiger partial charge < -0.3 is 10.1 Å². The molecule has 0 unspecified atom stereocenters. The van der Waals surface area contributed by atoms with Crippen LogP contribution < -0.4 is 15.5 Å². The van der Waals surface area contributed by atoms with Crippen LogP contribution in [-0.4, -0.2) is 28.9 Å². The van der Waals surface area contributed by atoms with E-state index in [1.807, 2.05) is 0 Å². The third-order valence-corrected chi connectivity index (χ3v) is 8.28. The summed E-state index contributed by atoms with van der Waals surface area (Å²) in [5.41, 5.74) is 3.49. The van der Waals surface area contributed by atoms with Crippen molar-refractivity contribution in [3.63, 3.8) is 0 Å². The fraction of sp³-hybridized carbons (Fsp3) is 0. The van der Waals surface area contributed by atoms with Crippen LogP contribution in [0.15, 0.2) is 90.0 Å². The van der Waals surface area contributed by atoms with Crippen LogP contribution in [0.2, 0.25) is 15.1 Å². The highest BCUT2D eigenvalue weighted by molar-refractivity contribution is 7.21. The van der Waals surface area contributed by atoms with Crippen LogP contribution in [0.1, 0.15) is 36.0 Å². The number of hydrogen-bond acceptors (Lipinski definition) is 8. The molecule has 2 N–H and O–H groups in total. The molecule has 0 aliphatic carbocycles. The molecule has 0 atom stereocenters. The van der Waals surface area contributed by atoms with Crippen molar-refractivity contribution in [1.29, 1.82) is 0 Å². The number of carbonyl (C=O) groups is 3. The van der Waals surface area contributed by atoms with Crippen LogP contribution in [-0.2, 0) is 0 Å². The zero-order valence-electron chi connectivity index (χ0n) is 22.0. The molecule has 0 saturated carbocycles. The average Bonchev–Trinajstić information content (AvgIpc) is 3.34. The summed E-state index contributed by atoms with van der Waals surface area (Å²) in [7, 11) is 0. The Bertz CT molecular complexity index is 1980. The van der Waals surface area contributed by atoms with Gasteiger partial charge in [0, 0.05) is 44.1 Å². The summed E-state index contributed by atoms with van der Waals surface area (Å²) in [6.07, 6.45) is 1.32. The first-order valence-corrected chi connectivity index (χ1v) is 14.4. The van der Waals surface area contributed by atoms with Crippen LogP contribution in [0, 0.1) is 10.1 Å². The van der Waals surface area contributed by atoms with Crippen LogP contribution in [0.3, 0.4) is 0 Å². The molecule has 5 rings (SSSR count). The second kappa shape index (κ2) is 13.2. The Balaban J connectivity index is 1.21. The largest absolute Gasteiger partial charge is 0.422 e. The van der Waals surface area contributed by atoms with Crippen molar-refractivity contribution >= 4 is 91.6 Å². The molecule has 0 aliphatic rings. The SMILES string of the molecule is O=C(N/N=C\c1ccccc1OC(=O)c1ccc(Cl)cc1Cl)c1ccc(NC(=O)c2sc3cc([N+](=O)[O-])ccc3c2Cl)cc1. The fourth-order valence-electron chi connectivity index (χ4n) is 3.92. The van der Waals surface area contributed by atoms with E-state index in [0.717, 1.165) is 11.3 Å². The molecule has 0 fully saturated rings. The smallest absolute Gasteiger partial charge is 0.345 e. The molecule has 0 radical (unpaired) electrons. The summed E-state index contributed by atoms with van der Waals surface area (Å²) < 4.78 is 5.98. The van der Waals surface area contributed by atoms with E-state index in [4.69, 9.17) is 39.5 Å². The second-order valence-electron chi connectivity index (χ2n) is 8.96. The Morgan fingerprint density at radius 2 is 1.66 bits per heavy atom. The van der Waals surface area contributed by atoms with Crippen LogP contribution >= 0.6 is 46.1 Å². The van der Waals surface area contributed by atoms with Crippen molar-refractivity contribution in [1.82, 2.24) is 5.43 Å². The predicted octanol–water partition coefficient (Wildman–Crippen LogP) is 8.01. The predicted molar refractivity (Wildman–Crippen MR) is 171 cm³/mol. The van der Waals surface area contributed by atoms with E-state index < -0.39 is 22.7 Å². The Morgan fingerprint density at radius 1 is 0.909 bits per heavy atom. The summed E-state index contributed by atoms with van der Waals surface area (Å²) >= 11 is 19.4. The Kier molecular flexibility index (Phi) is 9.21. The first kappa shape index (κ1) is 30.6. The van der Waals surface area contributed by atoms with Gasteiger partial charge in [0.2, 0.25) is 0 Å². The number of thiophene rings is 1. The van der Waals surface area contributed by atoms with E-state index >= 15 is 0 Å². The molecule has 0 saturated heterocycles. The van der Waals surface area contributed by atoms with Crippen molar-refractivity contribution in [2.24, 2.45) is 5.10 Å². The standard InChI is InChI=1S/C30H17Cl3N4O6S/c31-18-7-11-21(23(32)13-18)30(40)43-24-4-2-1-3-17(24)15-34-36-28(38)16-5-8-19(9-6-16)35-29(39)27-26(33)22-12-10-20(37(41)42)14-25(22)44-27/h1-15H,(H,35,39)(H,36,38)/b34-15-. The number of carbonyl (C=O) groups excluding carboxylic acids is 3. The highest BCUT2D eigenvalue weighted by Crippen LogP contribution is 2.37. The first-order valence-electron chi connectivity index (χ1n) is 12.5. The van der Waals surface area contributed by atoms with E-state index in [9.17, 15) is 24.5 Å². The number of hydrazone groups is 1. The molecule has 44 heavy (non-hydrogen) atoms. The van der Waals surface area contributed by atoms with E-state index in [-0.39, 0.29) is 37.5 Å². The van der Waals surface area contributed by atoms with E-state index in [1.165, 1.54) is 66.9 Å². The Morgan fingerprint density at radius 3 is 2.39 bits per heavy atom. The number of para-hydroxylation sites is 1. The highest BCUT2D eigenvalue weighted by Gasteiger charge is 2.20. The number of non-ortho nitro benzene ring substituents is 1. The Hall–Kier alpha value is -4.81. The van der Waals surface area contributed by atoms with E-state index in [1.54, 1.807) is 24.3 Å². The molecule has 0 spiro atoms. The molecule has 10 nitrogen and oxygen atoms in total. The van der Waals surface area contributed by atoms with Crippen molar-refractivity contribution in [2.45, 2.75) is 0 Å². The lowest BCUT2D eigenvalue weighted by Gasteiger charge is -2.08. The average molecular weight is 668 g/mol. The van der Waals surface area contributed by atoms with Gasteiger partial charge in [-0.15, -0.1) is 11.3 Å². The van der Waals surface area contributed by atoms with Gasteiger partial charge in [-0.1, -0.05) is 46.9 Å².